The summed E-state index contributed by atoms with van der Waals surface area (Å²) in [6.07, 6.45) is 0. The number of carboxylic acid groups (broad SMARTS) is 1. The monoisotopic (exact) mass is 407 g/mol. The molecule has 19 heavy (non-hydrogen) atoms. The maximum atomic E-state index is 11.9. The third-order valence-electron chi connectivity index (χ3n) is 2.22. The van der Waals surface area contributed by atoms with Crippen molar-refractivity contribution in [3.63, 3.8) is 0 Å². The molecule has 0 unspecified atom stereocenters. The molecule has 1 aromatic carbocycles. The average Bonchev–Trinajstić information content (AvgIpc) is 2.82. The molecule has 98 valence electrons. The summed E-state index contributed by atoms with van der Waals surface area (Å²) in [7, 11) is 0. The Morgan fingerprint density at radius 2 is 1.89 bits per heavy atom. The number of amides is 1. The first kappa shape index (κ1) is 14.3. The molecule has 0 radical (unpaired) electrons. The van der Waals surface area contributed by atoms with E-state index < -0.39 is 5.97 Å². The van der Waals surface area contributed by atoms with E-state index in [1.165, 1.54) is 12.1 Å². The molecule has 0 bridgehead atoms. The van der Waals surface area contributed by atoms with Crippen LogP contribution in [-0.4, -0.2) is 17.0 Å². The Morgan fingerprint density at radius 1 is 1.21 bits per heavy atom. The Kier molecular flexibility index (Phi) is 4.43. The van der Waals surface area contributed by atoms with Gasteiger partial charge < -0.3 is 10.4 Å². The number of nitrogens with one attached hydrogen (secondary N) is 1. The normalized spacial score (nSPS) is 10.2. The summed E-state index contributed by atoms with van der Waals surface area (Å²) in [6, 6.07) is 8.13. The molecule has 1 heterocycles. The maximum Gasteiger partial charge on any atom is 0.345 e. The van der Waals surface area contributed by atoms with Gasteiger partial charge in [0.1, 0.15) is 4.88 Å². The molecular weight excluding hydrogens is 401 g/mol. The number of anilines is 1. The first-order valence-corrected chi connectivity index (χ1v) is 7.34. The minimum absolute atomic E-state index is 0.124. The number of hydrogen-bond donors (Lipinski definition) is 2. The highest BCUT2D eigenvalue weighted by Gasteiger charge is 2.14. The van der Waals surface area contributed by atoms with Crippen LogP contribution >= 0.6 is 45.5 Å². The summed E-state index contributed by atoms with van der Waals surface area (Å²) in [5, 5.41) is 11.9. The number of benzene rings is 1. The molecule has 7 heteroatoms. The van der Waals surface area contributed by atoms with Gasteiger partial charge >= 0.3 is 5.97 Å². The van der Waals surface area contributed by atoms with Gasteiger partial charge in [-0.1, -0.05) is 11.6 Å². The average molecular weight is 408 g/mol. The van der Waals surface area contributed by atoms with Gasteiger partial charge in [0.25, 0.3) is 5.91 Å². The third-order valence-corrected chi connectivity index (χ3v) is 4.28. The summed E-state index contributed by atoms with van der Waals surface area (Å²) in [5.41, 5.74) is 0.498. The largest absolute Gasteiger partial charge is 0.477 e. The van der Waals surface area contributed by atoms with Crippen LogP contribution in [0.1, 0.15) is 19.3 Å². The van der Waals surface area contributed by atoms with Crippen LogP contribution in [0, 0.1) is 3.57 Å². The molecule has 0 spiro atoms. The SMILES string of the molecule is O=C(O)c1ccc(C(=O)Nc2ccc(I)cc2Cl)s1. The number of carbonyl (C=O) groups excluding carboxylic acids is 1. The molecule has 2 rings (SSSR count). The zero-order valence-electron chi connectivity index (χ0n) is 9.31. The van der Waals surface area contributed by atoms with Crippen molar-refractivity contribution in [1.29, 1.82) is 0 Å². The molecule has 0 atom stereocenters. The van der Waals surface area contributed by atoms with E-state index in [1.54, 1.807) is 12.1 Å². The van der Waals surface area contributed by atoms with Gasteiger partial charge in [-0.05, 0) is 52.9 Å². The Morgan fingerprint density at radius 3 is 2.47 bits per heavy atom. The highest BCUT2D eigenvalue weighted by molar-refractivity contribution is 14.1. The van der Waals surface area contributed by atoms with Crippen LogP contribution in [0.2, 0.25) is 5.02 Å². The summed E-state index contributed by atoms with van der Waals surface area (Å²) in [6.45, 7) is 0. The Labute approximate surface area is 131 Å². The molecule has 0 fully saturated rings. The lowest BCUT2D eigenvalue weighted by atomic mass is 10.3. The van der Waals surface area contributed by atoms with Crippen LogP contribution in [0.15, 0.2) is 30.3 Å². The molecule has 0 saturated heterocycles. The number of halogens is 2. The number of rotatable bonds is 3. The number of aromatic carboxylic acids is 1. The minimum atomic E-state index is -1.05. The van der Waals surface area contributed by atoms with Crippen LogP contribution in [0.5, 0.6) is 0 Å². The molecule has 0 aliphatic rings. The van der Waals surface area contributed by atoms with Crippen LogP contribution in [-0.2, 0) is 0 Å². The molecule has 0 saturated carbocycles. The van der Waals surface area contributed by atoms with Crippen molar-refractivity contribution < 1.29 is 14.7 Å². The predicted molar refractivity (Wildman–Crippen MR) is 83.4 cm³/mol. The van der Waals surface area contributed by atoms with Crippen LogP contribution in [0.4, 0.5) is 5.69 Å². The van der Waals surface area contributed by atoms with Crippen molar-refractivity contribution in [3.8, 4) is 0 Å². The molecule has 1 aromatic heterocycles. The van der Waals surface area contributed by atoms with Crippen molar-refractivity contribution in [2.45, 2.75) is 0 Å². The van der Waals surface area contributed by atoms with Gasteiger partial charge in [0.15, 0.2) is 0 Å². The Bertz CT molecular complexity index is 656. The molecule has 0 aliphatic heterocycles. The number of carbonyl (C=O) groups is 2. The van der Waals surface area contributed by atoms with Crippen molar-refractivity contribution in [2.75, 3.05) is 5.32 Å². The summed E-state index contributed by atoms with van der Waals surface area (Å²) in [5.74, 6) is -1.42. The molecular formula is C12H7ClINO3S. The predicted octanol–water partition coefficient (Wildman–Crippen LogP) is 3.96. The van der Waals surface area contributed by atoms with Crippen LogP contribution < -0.4 is 5.32 Å². The fourth-order valence-electron chi connectivity index (χ4n) is 1.35. The minimum Gasteiger partial charge on any atom is -0.477 e. The van der Waals surface area contributed by atoms with Gasteiger partial charge in [-0.25, -0.2) is 4.79 Å². The van der Waals surface area contributed by atoms with Gasteiger partial charge in [-0.3, -0.25) is 4.79 Å². The first-order valence-electron chi connectivity index (χ1n) is 5.07. The fraction of sp³-hybridized carbons (Fsp3) is 0. The molecule has 1 amide bonds. The lowest BCUT2D eigenvalue weighted by molar-refractivity contribution is 0.0702. The molecule has 4 nitrogen and oxygen atoms in total. The van der Waals surface area contributed by atoms with E-state index in [0.29, 0.717) is 15.6 Å². The van der Waals surface area contributed by atoms with E-state index in [2.05, 4.69) is 27.9 Å². The second-order valence-corrected chi connectivity index (χ2v) is 6.28. The van der Waals surface area contributed by atoms with Gasteiger partial charge in [-0.2, -0.15) is 0 Å². The summed E-state index contributed by atoms with van der Waals surface area (Å²) in [4.78, 5) is 23.1. The molecule has 2 N–H and O–H groups in total. The van der Waals surface area contributed by atoms with Crippen molar-refractivity contribution in [2.24, 2.45) is 0 Å². The Balaban J connectivity index is 2.18. The van der Waals surface area contributed by atoms with E-state index in [9.17, 15) is 9.59 Å². The van der Waals surface area contributed by atoms with E-state index in [0.717, 1.165) is 14.9 Å². The second kappa shape index (κ2) is 5.89. The topological polar surface area (TPSA) is 66.4 Å². The molecule has 0 aliphatic carbocycles. The van der Waals surface area contributed by atoms with Gasteiger partial charge in [-0.15, -0.1) is 11.3 Å². The van der Waals surface area contributed by atoms with Crippen LogP contribution in [0.25, 0.3) is 0 Å². The van der Waals surface area contributed by atoms with E-state index in [-0.39, 0.29) is 10.8 Å². The Hall–Kier alpha value is -1.12. The summed E-state index contributed by atoms with van der Waals surface area (Å²) < 4.78 is 0.963. The number of thiophene rings is 1. The fourth-order valence-corrected chi connectivity index (χ4v) is 2.99. The zero-order chi connectivity index (χ0) is 14.0. The number of hydrogen-bond acceptors (Lipinski definition) is 3. The summed E-state index contributed by atoms with van der Waals surface area (Å²) >= 11 is 9.05. The smallest absolute Gasteiger partial charge is 0.345 e. The van der Waals surface area contributed by atoms with E-state index >= 15 is 0 Å². The van der Waals surface area contributed by atoms with Crippen molar-refractivity contribution in [1.82, 2.24) is 0 Å². The molecule has 2 aromatic rings. The second-order valence-electron chi connectivity index (χ2n) is 3.55. The van der Waals surface area contributed by atoms with Crippen molar-refractivity contribution in [3.05, 3.63) is 48.7 Å². The van der Waals surface area contributed by atoms with Gasteiger partial charge in [0, 0.05) is 3.57 Å². The lowest BCUT2D eigenvalue weighted by Crippen LogP contribution is -2.10. The first-order chi connectivity index (χ1) is 8.97. The zero-order valence-corrected chi connectivity index (χ0v) is 13.0. The van der Waals surface area contributed by atoms with E-state index in [1.807, 2.05) is 6.07 Å². The van der Waals surface area contributed by atoms with Gasteiger partial charge in [0.05, 0.1) is 15.6 Å². The van der Waals surface area contributed by atoms with Gasteiger partial charge in [0.2, 0.25) is 0 Å². The third kappa shape index (κ3) is 3.46. The highest BCUT2D eigenvalue weighted by Crippen LogP contribution is 2.25. The number of carboxylic acids is 1. The van der Waals surface area contributed by atoms with Crippen molar-refractivity contribution >= 4 is 63.1 Å². The van der Waals surface area contributed by atoms with Crippen LogP contribution in [0.3, 0.4) is 0 Å². The lowest BCUT2D eigenvalue weighted by Gasteiger charge is -2.06. The highest BCUT2D eigenvalue weighted by atomic mass is 127. The standard InChI is InChI=1S/C12H7ClINO3S/c13-7-5-6(14)1-2-8(7)15-11(16)9-3-4-10(19-9)12(17)18/h1-5H,(H,15,16)(H,17,18). The van der Waals surface area contributed by atoms with E-state index in [4.69, 9.17) is 16.7 Å². The maximum absolute atomic E-state index is 11.9. The quantitative estimate of drug-likeness (QED) is 0.757.